The number of halogens is 2. The van der Waals surface area contributed by atoms with Crippen LogP contribution in [0.5, 0.6) is 11.5 Å². The predicted octanol–water partition coefficient (Wildman–Crippen LogP) is 5.67. The van der Waals surface area contributed by atoms with Crippen LogP contribution in [0.25, 0.3) is 11.1 Å². The quantitative estimate of drug-likeness (QED) is 0.264. The van der Waals surface area contributed by atoms with E-state index in [4.69, 9.17) is 21.1 Å². The molecule has 1 fully saturated rings. The summed E-state index contributed by atoms with van der Waals surface area (Å²) in [6.07, 6.45) is 2.28. The van der Waals surface area contributed by atoms with Crippen molar-refractivity contribution >= 4 is 33.5 Å². The summed E-state index contributed by atoms with van der Waals surface area (Å²) in [5.74, 6) is 0.484. The van der Waals surface area contributed by atoms with Crippen LogP contribution in [-0.2, 0) is 17.9 Å². The molecule has 1 atom stereocenters. The molecule has 0 radical (unpaired) electrons. The van der Waals surface area contributed by atoms with E-state index in [1.165, 1.54) is 0 Å². The molecule has 4 rings (SSSR count). The molecule has 0 aromatic heterocycles. The number of benzene rings is 3. The molecule has 8 heteroatoms. The van der Waals surface area contributed by atoms with Crippen molar-refractivity contribution in [3.63, 3.8) is 0 Å². The largest absolute Gasteiger partial charge is 0.493 e. The third-order valence-corrected chi connectivity index (χ3v) is 7.08. The van der Waals surface area contributed by atoms with Crippen molar-refractivity contribution in [2.45, 2.75) is 32.0 Å². The second kappa shape index (κ2) is 11.9. The zero-order chi connectivity index (χ0) is 24.8. The highest BCUT2D eigenvalue weighted by Crippen LogP contribution is 2.37. The summed E-state index contributed by atoms with van der Waals surface area (Å²) in [5.41, 5.74) is 3.86. The van der Waals surface area contributed by atoms with Gasteiger partial charge in [0.15, 0.2) is 0 Å². The summed E-state index contributed by atoms with van der Waals surface area (Å²) < 4.78 is 13.1. The summed E-state index contributed by atoms with van der Waals surface area (Å²) in [7, 11) is 0. The number of carboxylic acid groups (broad SMARTS) is 1. The molecule has 0 aliphatic heterocycles. The molecule has 3 aromatic carbocycles. The Bertz CT molecular complexity index is 1170. The van der Waals surface area contributed by atoms with Gasteiger partial charge in [-0.25, -0.2) is 0 Å². The first-order valence-corrected chi connectivity index (χ1v) is 12.6. The minimum Gasteiger partial charge on any atom is -0.493 e. The van der Waals surface area contributed by atoms with E-state index in [9.17, 15) is 15.0 Å². The molecule has 0 saturated heterocycles. The Balaban J connectivity index is 1.52. The van der Waals surface area contributed by atoms with Gasteiger partial charge in [0, 0.05) is 28.2 Å². The number of rotatable bonds is 12. The highest BCUT2D eigenvalue weighted by atomic mass is 79.9. The van der Waals surface area contributed by atoms with Crippen LogP contribution < -0.4 is 14.8 Å². The lowest BCUT2D eigenvalue weighted by Crippen LogP contribution is -2.39. The van der Waals surface area contributed by atoms with Crippen LogP contribution in [0.15, 0.2) is 65.1 Å². The Kier molecular flexibility index (Phi) is 8.68. The van der Waals surface area contributed by atoms with E-state index < -0.39 is 18.6 Å². The Morgan fingerprint density at radius 1 is 1.06 bits per heavy atom. The monoisotopic (exact) mass is 559 g/mol. The second-order valence-electron chi connectivity index (χ2n) is 8.53. The van der Waals surface area contributed by atoms with Crippen molar-refractivity contribution in [2.75, 3.05) is 13.2 Å². The van der Waals surface area contributed by atoms with Crippen molar-refractivity contribution in [1.29, 1.82) is 0 Å². The number of aliphatic hydroxyl groups excluding tert-OH is 1. The number of aliphatic carboxylic acids is 1. The molecule has 1 saturated carbocycles. The van der Waals surface area contributed by atoms with Crippen LogP contribution in [0.2, 0.25) is 5.02 Å². The minimum atomic E-state index is -1.12. The Labute approximate surface area is 218 Å². The number of carboxylic acids is 1. The number of hydrogen-bond acceptors (Lipinski definition) is 5. The SMILES string of the molecule is O=C(O)C(CO)NCc1cc(Cl)c(OCc2cccc(-c3ccccc3)c2Br)cc1OCC1CC1. The van der Waals surface area contributed by atoms with E-state index in [-0.39, 0.29) is 6.54 Å². The standard InChI is InChI=1S/C27H27BrClNO5/c28-26-19(7-4-8-21(26)18-5-2-1-3-6-18)16-35-25-12-24(34-15-17-9-10-17)20(11-22(25)29)13-30-23(14-31)27(32)33/h1-8,11-12,17,23,30-31H,9-10,13-16H2,(H,32,33). The van der Waals surface area contributed by atoms with E-state index >= 15 is 0 Å². The van der Waals surface area contributed by atoms with Crippen LogP contribution in [0, 0.1) is 5.92 Å². The summed E-state index contributed by atoms with van der Waals surface area (Å²) in [6, 6.07) is 18.6. The van der Waals surface area contributed by atoms with Gasteiger partial charge in [0.25, 0.3) is 0 Å². The zero-order valence-corrected chi connectivity index (χ0v) is 21.4. The van der Waals surface area contributed by atoms with E-state index in [0.717, 1.165) is 34.0 Å². The number of nitrogens with one attached hydrogen (secondary N) is 1. The lowest BCUT2D eigenvalue weighted by Gasteiger charge is -2.18. The molecule has 1 aliphatic carbocycles. The number of hydrogen-bond donors (Lipinski definition) is 3. The molecule has 3 N–H and O–H groups in total. The Morgan fingerprint density at radius 3 is 2.51 bits per heavy atom. The average Bonchev–Trinajstić information content (AvgIpc) is 3.69. The highest BCUT2D eigenvalue weighted by molar-refractivity contribution is 9.10. The van der Waals surface area contributed by atoms with Gasteiger partial charge in [-0.05, 0) is 51.9 Å². The number of aliphatic hydroxyl groups is 1. The Hall–Kier alpha value is -2.58. The van der Waals surface area contributed by atoms with E-state index in [0.29, 0.717) is 41.2 Å². The first-order chi connectivity index (χ1) is 17.0. The van der Waals surface area contributed by atoms with Gasteiger partial charge in [-0.3, -0.25) is 10.1 Å². The van der Waals surface area contributed by atoms with Crippen molar-refractivity contribution in [2.24, 2.45) is 5.92 Å². The fourth-order valence-corrected chi connectivity index (χ4v) is 4.45. The van der Waals surface area contributed by atoms with Gasteiger partial charge >= 0.3 is 5.97 Å². The van der Waals surface area contributed by atoms with Gasteiger partial charge in [-0.1, -0.05) is 60.1 Å². The molecule has 0 spiro atoms. The molecule has 0 bridgehead atoms. The maximum Gasteiger partial charge on any atom is 0.323 e. The molecule has 35 heavy (non-hydrogen) atoms. The van der Waals surface area contributed by atoms with Gasteiger partial charge < -0.3 is 19.7 Å². The summed E-state index contributed by atoms with van der Waals surface area (Å²) in [6.45, 7) is 0.551. The van der Waals surface area contributed by atoms with Crippen molar-refractivity contribution in [1.82, 2.24) is 5.32 Å². The maximum absolute atomic E-state index is 11.2. The molecule has 3 aromatic rings. The molecule has 0 amide bonds. The highest BCUT2D eigenvalue weighted by Gasteiger charge is 2.23. The van der Waals surface area contributed by atoms with Crippen molar-refractivity contribution in [3.05, 3.63) is 81.3 Å². The topological polar surface area (TPSA) is 88.0 Å². The van der Waals surface area contributed by atoms with E-state index in [1.807, 2.05) is 30.3 Å². The smallest absolute Gasteiger partial charge is 0.323 e. The van der Waals surface area contributed by atoms with Crippen LogP contribution in [0.4, 0.5) is 0 Å². The predicted molar refractivity (Wildman–Crippen MR) is 139 cm³/mol. The average molecular weight is 561 g/mol. The van der Waals surface area contributed by atoms with Crippen LogP contribution in [-0.4, -0.2) is 35.4 Å². The third kappa shape index (κ3) is 6.76. The summed E-state index contributed by atoms with van der Waals surface area (Å²) in [4.78, 5) is 11.2. The van der Waals surface area contributed by atoms with Gasteiger partial charge in [0.1, 0.15) is 24.1 Å². The molecule has 0 heterocycles. The lowest BCUT2D eigenvalue weighted by atomic mass is 10.0. The van der Waals surface area contributed by atoms with Crippen LogP contribution in [0.1, 0.15) is 24.0 Å². The third-order valence-electron chi connectivity index (χ3n) is 5.85. The molecule has 1 aliphatic rings. The molecular weight excluding hydrogens is 534 g/mol. The lowest BCUT2D eigenvalue weighted by molar-refractivity contribution is -0.140. The van der Waals surface area contributed by atoms with Gasteiger partial charge in [-0.2, -0.15) is 0 Å². The van der Waals surface area contributed by atoms with Crippen molar-refractivity contribution < 1.29 is 24.5 Å². The molecule has 1 unspecified atom stereocenters. The molecular formula is C27H27BrClNO5. The number of ether oxygens (including phenoxy) is 2. The second-order valence-corrected chi connectivity index (χ2v) is 9.73. The minimum absolute atomic E-state index is 0.183. The van der Waals surface area contributed by atoms with Crippen molar-refractivity contribution in [3.8, 4) is 22.6 Å². The molecule has 6 nitrogen and oxygen atoms in total. The first-order valence-electron chi connectivity index (χ1n) is 11.4. The fourth-order valence-electron chi connectivity index (χ4n) is 3.60. The van der Waals surface area contributed by atoms with Crippen LogP contribution >= 0.6 is 27.5 Å². The van der Waals surface area contributed by atoms with Gasteiger partial charge in [0.2, 0.25) is 0 Å². The number of carbonyl (C=O) groups is 1. The first kappa shape index (κ1) is 25.5. The van der Waals surface area contributed by atoms with Gasteiger partial charge in [0.05, 0.1) is 18.2 Å². The summed E-state index contributed by atoms with van der Waals surface area (Å²) >= 11 is 10.3. The zero-order valence-electron chi connectivity index (χ0n) is 19.0. The normalized spacial score (nSPS) is 13.9. The van der Waals surface area contributed by atoms with Gasteiger partial charge in [-0.15, -0.1) is 0 Å². The molecule has 184 valence electrons. The maximum atomic E-state index is 11.2. The van der Waals surface area contributed by atoms with E-state index in [1.54, 1.807) is 12.1 Å². The fraction of sp³-hybridized carbons (Fsp3) is 0.296. The van der Waals surface area contributed by atoms with E-state index in [2.05, 4.69) is 39.4 Å². The summed E-state index contributed by atoms with van der Waals surface area (Å²) in [5, 5.41) is 21.7. The Morgan fingerprint density at radius 2 is 1.83 bits per heavy atom. The van der Waals surface area contributed by atoms with Crippen LogP contribution in [0.3, 0.4) is 0 Å².